The second-order valence-electron chi connectivity index (χ2n) is 10.8. The van der Waals surface area contributed by atoms with Crippen molar-refractivity contribution in [3.63, 3.8) is 0 Å². The van der Waals surface area contributed by atoms with Crippen LogP contribution in [-0.2, 0) is 15.3 Å². The first-order valence-electron chi connectivity index (χ1n) is 14.3. The van der Waals surface area contributed by atoms with Crippen LogP contribution < -0.4 is 19.9 Å². The summed E-state index contributed by atoms with van der Waals surface area (Å²) in [6.45, 7) is 6.26. The van der Waals surface area contributed by atoms with Crippen LogP contribution in [0.2, 0.25) is 10.0 Å². The summed E-state index contributed by atoms with van der Waals surface area (Å²) in [6, 6.07) is 30.7. The van der Waals surface area contributed by atoms with Gasteiger partial charge in [0.05, 0.1) is 11.6 Å². The summed E-state index contributed by atoms with van der Waals surface area (Å²) in [5.74, 6) is -0.271. The molecule has 2 fully saturated rings. The Kier molecular flexibility index (Phi) is 8.77. The second kappa shape index (κ2) is 12.9. The third-order valence-corrected chi connectivity index (χ3v) is 8.35. The van der Waals surface area contributed by atoms with Crippen molar-refractivity contribution in [3.05, 3.63) is 118 Å². The SMILES string of the molecule is C[C@]1(c2ccc(Cl)cc2Cl)OC[C@@H](COc2ccc(N3CCN(c4ccc(NC(=O)c5ccccc5)cc4)CC3)cc2)O1. The van der Waals surface area contributed by atoms with Gasteiger partial charge in [-0.1, -0.05) is 47.5 Å². The van der Waals surface area contributed by atoms with Crippen molar-refractivity contribution < 1.29 is 19.0 Å². The van der Waals surface area contributed by atoms with Crippen molar-refractivity contribution in [2.75, 3.05) is 54.5 Å². The van der Waals surface area contributed by atoms with Crippen molar-refractivity contribution in [1.29, 1.82) is 0 Å². The molecule has 0 aromatic heterocycles. The second-order valence-corrected chi connectivity index (χ2v) is 11.6. The molecule has 2 saturated heterocycles. The summed E-state index contributed by atoms with van der Waals surface area (Å²) in [4.78, 5) is 17.2. The summed E-state index contributed by atoms with van der Waals surface area (Å²) in [7, 11) is 0. The van der Waals surface area contributed by atoms with E-state index in [1.165, 1.54) is 0 Å². The molecule has 0 unspecified atom stereocenters. The van der Waals surface area contributed by atoms with Crippen molar-refractivity contribution in [3.8, 4) is 5.75 Å². The summed E-state index contributed by atoms with van der Waals surface area (Å²) >= 11 is 12.4. The number of hydrogen-bond acceptors (Lipinski definition) is 6. The monoisotopic (exact) mass is 617 g/mol. The van der Waals surface area contributed by atoms with E-state index in [0.717, 1.165) is 54.6 Å². The van der Waals surface area contributed by atoms with Gasteiger partial charge in [-0.25, -0.2) is 0 Å². The van der Waals surface area contributed by atoms with E-state index in [-0.39, 0.29) is 12.0 Å². The fourth-order valence-electron chi connectivity index (χ4n) is 5.43. The minimum absolute atomic E-state index is 0.109. The zero-order valence-corrected chi connectivity index (χ0v) is 25.4. The van der Waals surface area contributed by atoms with Gasteiger partial charge in [0, 0.05) is 59.4 Å². The minimum atomic E-state index is -0.942. The number of nitrogens with zero attached hydrogens (tertiary/aromatic N) is 2. The number of rotatable bonds is 8. The third-order valence-electron chi connectivity index (χ3n) is 7.80. The lowest BCUT2D eigenvalue weighted by atomic mass is 10.1. The highest BCUT2D eigenvalue weighted by Gasteiger charge is 2.40. The number of piperazine rings is 1. The molecule has 6 rings (SSSR count). The van der Waals surface area contributed by atoms with E-state index in [0.29, 0.717) is 28.8 Å². The summed E-state index contributed by atoms with van der Waals surface area (Å²) < 4.78 is 18.2. The molecule has 4 aromatic carbocycles. The molecule has 4 aromatic rings. The van der Waals surface area contributed by atoms with Crippen molar-refractivity contribution >= 4 is 46.2 Å². The lowest BCUT2D eigenvalue weighted by Gasteiger charge is -2.37. The Balaban J connectivity index is 0.964. The molecule has 0 bridgehead atoms. The molecule has 0 saturated carbocycles. The topological polar surface area (TPSA) is 63.3 Å². The van der Waals surface area contributed by atoms with Gasteiger partial charge < -0.3 is 29.3 Å². The van der Waals surface area contributed by atoms with Crippen LogP contribution >= 0.6 is 23.2 Å². The van der Waals surface area contributed by atoms with Crippen LogP contribution in [0.1, 0.15) is 22.8 Å². The standard InChI is InChI=1S/C34H33Cl2N3O4/c1-34(31-16-7-25(35)21-32(31)36)42-23-30(43-34)22-41-29-14-12-28(13-15-29)39-19-17-38(18-20-39)27-10-8-26(9-11-27)37-33(40)24-5-3-2-4-6-24/h2-16,21,30H,17-20,22-23H2,1H3,(H,37,40)/t30-,34+/m1/s1. The molecule has 2 aliphatic heterocycles. The van der Waals surface area contributed by atoms with Gasteiger partial charge in [0.15, 0.2) is 5.79 Å². The fourth-order valence-corrected chi connectivity index (χ4v) is 6.01. The van der Waals surface area contributed by atoms with Crippen LogP contribution in [0, 0.1) is 0 Å². The summed E-state index contributed by atoms with van der Waals surface area (Å²) in [6.07, 6.45) is -0.223. The average molecular weight is 619 g/mol. The number of carbonyl (C=O) groups excluding carboxylic acids is 1. The zero-order valence-electron chi connectivity index (χ0n) is 23.8. The lowest BCUT2D eigenvalue weighted by Crippen LogP contribution is -2.46. The van der Waals surface area contributed by atoms with Crippen LogP contribution in [0.25, 0.3) is 0 Å². The first-order valence-corrected chi connectivity index (χ1v) is 15.1. The molecule has 1 N–H and O–H groups in total. The number of amides is 1. The molecule has 1 amide bonds. The van der Waals surface area contributed by atoms with E-state index in [4.69, 9.17) is 37.4 Å². The Labute approximate surface area is 261 Å². The Morgan fingerprint density at radius 2 is 1.51 bits per heavy atom. The molecule has 0 aliphatic carbocycles. The van der Waals surface area contributed by atoms with Gasteiger partial charge in [0.1, 0.15) is 18.5 Å². The van der Waals surface area contributed by atoms with E-state index in [1.54, 1.807) is 24.3 Å². The van der Waals surface area contributed by atoms with E-state index < -0.39 is 5.79 Å². The van der Waals surface area contributed by atoms with Crippen LogP contribution in [0.3, 0.4) is 0 Å². The smallest absolute Gasteiger partial charge is 0.255 e. The molecule has 9 heteroatoms. The van der Waals surface area contributed by atoms with E-state index in [9.17, 15) is 4.79 Å². The minimum Gasteiger partial charge on any atom is -0.491 e. The number of nitrogens with one attached hydrogen (secondary N) is 1. The van der Waals surface area contributed by atoms with Gasteiger partial charge >= 0.3 is 0 Å². The first kappa shape index (κ1) is 29.3. The number of ether oxygens (including phenoxy) is 3. The zero-order chi connectivity index (χ0) is 29.8. The van der Waals surface area contributed by atoms with Gasteiger partial charge in [-0.05, 0) is 79.7 Å². The average Bonchev–Trinajstić information content (AvgIpc) is 3.42. The Morgan fingerprint density at radius 1 is 0.884 bits per heavy atom. The third kappa shape index (κ3) is 6.92. The molecule has 43 heavy (non-hydrogen) atoms. The van der Waals surface area contributed by atoms with Gasteiger partial charge in [-0.2, -0.15) is 0 Å². The number of hydrogen-bond donors (Lipinski definition) is 1. The van der Waals surface area contributed by atoms with Gasteiger partial charge in [0.25, 0.3) is 5.91 Å². The number of halogens is 2. The van der Waals surface area contributed by atoms with Crippen LogP contribution in [-0.4, -0.2) is 51.4 Å². The molecular weight excluding hydrogens is 585 g/mol. The van der Waals surface area contributed by atoms with Gasteiger partial charge in [0.2, 0.25) is 0 Å². The maximum atomic E-state index is 12.4. The van der Waals surface area contributed by atoms with E-state index in [1.807, 2.05) is 55.5 Å². The first-order chi connectivity index (χ1) is 20.9. The maximum Gasteiger partial charge on any atom is 0.255 e. The number of benzene rings is 4. The van der Waals surface area contributed by atoms with Crippen LogP contribution in [0.4, 0.5) is 17.1 Å². The maximum absolute atomic E-state index is 12.4. The quantitative estimate of drug-likeness (QED) is 0.225. The normalized spacial score (nSPS) is 20.2. The molecule has 2 aliphatic rings. The fraction of sp³-hybridized carbons (Fsp3) is 0.265. The van der Waals surface area contributed by atoms with Crippen molar-refractivity contribution in [2.24, 2.45) is 0 Å². The van der Waals surface area contributed by atoms with Crippen LogP contribution in [0.15, 0.2) is 97.1 Å². The Morgan fingerprint density at radius 3 is 2.14 bits per heavy atom. The van der Waals surface area contributed by atoms with E-state index >= 15 is 0 Å². The highest BCUT2D eigenvalue weighted by atomic mass is 35.5. The molecule has 7 nitrogen and oxygen atoms in total. The van der Waals surface area contributed by atoms with Gasteiger partial charge in [-0.3, -0.25) is 4.79 Å². The van der Waals surface area contributed by atoms with Crippen molar-refractivity contribution in [2.45, 2.75) is 18.8 Å². The van der Waals surface area contributed by atoms with Gasteiger partial charge in [-0.15, -0.1) is 0 Å². The molecular formula is C34H33Cl2N3O4. The number of carbonyl (C=O) groups is 1. The lowest BCUT2D eigenvalue weighted by molar-refractivity contribution is -0.164. The highest BCUT2D eigenvalue weighted by Crippen LogP contribution is 2.38. The highest BCUT2D eigenvalue weighted by molar-refractivity contribution is 6.35. The molecule has 2 atom stereocenters. The predicted molar refractivity (Wildman–Crippen MR) is 172 cm³/mol. The summed E-state index contributed by atoms with van der Waals surface area (Å²) in [5.41, 5.74) is 4.48. The summed E-state index contributed by atoms with van der Waals surface area (Å²) in [5, 5.41) is 4.04. The molecule has 0 spiro atoms. The Hall–Kier alpha value is -3.75. The van der Waals surface area contributed by atoms with E-state index in [2.05, 4.69) is 39.4 Å². The number of anilines is 3. The predicted octanol–water partition coefficient (Wildman–Crippen LogP) is 7.24. The Bertz CT molecular complexity index is 1540. The largest absolute Gasteiger partial charge is 0.491 e. The van der Waals surface area contributed by atoms with Crippen molar-refractivity contribution in [1.82, 2.24) is 0 Å². The molecule has 222 valence electrons. The van der Waals surface area contributed by atoms with Crippen LogP contribution in [0.5, 0.6) is 5.75 Å². The molecule has 0 radical (unpaired) electrons. The molecule has 2 heterocycles.